The molecule has 1 heterocycles. The molecule has 0 spiro atoms. The molecule has 0 aromatic carbocycles. The average Bonchev–Trinajstić information content (AvgIpc) is 3.22. The van der Waals surface area contributed by atoms with Gasteiger partial charge in [-0.3, -0.25) is 0 Å². The zero-order valence-electron chi connectivity index (χ0n) is 12.1. The Labute approximate surface area is 119 Å². The molecule has 1 aliphatic rings. The maximum Gasteiger partial charge on any atom is 0.239 e. The minimum Gasteiger partial charge on any atom is -0.476 e. The second kappa shape index (κ2) is 6.76. The van der Waals surface area contributed by atoms with Crippen LogP contribution in [0.2, 0.25) is 0 Å². The van der Waals surface area contributed by atoms with Crippen molar-refractivity contribution in [3.63, 3.8) is 0 Å². The molecule has 1 atom stereocenters. The highest BCUT2D eigenvalue weighted by molar-refractivity contribution is 5.54. The zero-order valence-corrected chi connectivity index (χ0v) is 12.1. The number of pyridine rings is 1. The predicted octanol–water partition coefficient (Wildman–Crippen LogP) is 0.896. The van der Waals surface area contributed by atoms with E-state index in [1.165, 1.54) is 12.8 Å². The van der Waals surface area contributed by atoms with Crippen LogP contribution in [0.5, 0.6) is 5.88 Å². The molecule has 112 valence electrons. The molecule has 2 rings (SSSR count). The Balaban J connectivity index is 1.97. The largest absolute Gasteiger partial charge is 0.476 e. The fourth-order valence-corrected chi connectivity index (χ4v) is 1.91. The van der Waals surface area contributed by atoms with E-state index in [1.807, 2.05) is 18.0 Å². The highest BCUT2D eigenvalue weighted by atomic mass is 16.5. The molecule has 0 saturated heterocycles. The Morgan fingerprint density at radius 1 is 1.50 bits per heavy atom. The molecule has 3 N–H and O–H groups in total. The number of likely N-dealkylation sites (N-methyl/N-ethyl adjacent to an activating group) is 1. The van der Waals surface area contributed by atoms with E-state index in [-0.39, 0.29) is 0 Å². The summed E-state index contributed by atoms with van der Waals surface area (Å²) in [7, 11) is 3.43. The zero-order chi connectivity index (χ0) is 14.5. The number of aromatic nitrogens is 1. The number of methoxy groups -OCH3 is 1. The number of nitrogens with two attached hydrogens (primary N) is 1. The summed E-state index contributed by atoms with van der Waals surface area (Å²) in [6.45, 7) is 1.41. The topological polar surface area (TPSA) is 80.8 Å². The quantitative estimate of drug-likeness (QED) is 0.737. The van der Waals surface area contributed by atoms with E-state index in [4.69, 9.17) is 15.2 Å². The highest BCUT2D eigenvalue weighted by Gasteiger charge is 2.22. The van der Waals surface area contributed by atoms with Gasteiger partial charge in [0.1, 0.15) is 5.82 Å². The van der Waals surface area contributed by atoms with Gasteiger partial charge in [-0.2, -0.15) is 4.98 Å². The van der Waals surface area contributed by atoms with Crippen LogP contribution in [-0.2, 0) is 4.74 Å². The van der Waals surface area contributed by atoms with Gasteiger partial charge >= 0.3 is 0 Å². The number of nitrogens with zero attached hydrogens (tertiary/aromatic N) is 2. The standard InChI is InChI=1S/C14H23N3O3/c1-17(7-11(18)9-19-2)13-6-5-12(15)14(16-13)20-8-10-3-4-10/h5-6,10-11,18H,3-4,7-9,15H2,1-2H3. The molecule has 0 bridgehead atoms. The molecule has 1 aliphatic carbocycles. The summed E-state index contributed by atoms with van der Waals surface area (Å²) >= 11 is 0. The highest BCUT2D eigenvalue weighted by Crippen LogP contribution is 2.31. The monoisotopic (exact) mass is 281 g/mol. The van der Waals surface area contributed by atoms with Crippen LogP contribution in [0, 0.1) is 5.92 Å². The summed E-state index contributed by atoms with van der Waals surface area (Å²) in [5, 5.41) is 9.74. The van der Waals surface area contributed by atoms with Crippen LogP contribution >= 0.6 is 0 Å². The maximum atomic E-state index is 9.74. The third-order valence-electron chi connectivity index (χ3n) is 3.26. The Bertz CT molecular complexity index is 438. The van der Waals surface area contributed by atoms with Gasteiger partial charge in [0.2, 0.25) is 5.88 Å². The number of aliphatic hydroxyl groups is 1. The average molecular weight is 281 g/mol. The summed E-state index contributed by atoms with van der Waals surface area (Å²) in [6.07, 6.45) is 1.89. The van der Waals surface area contributed by atoms with Gasteiger partial charge in [0.15, 0.2) is 0 Å². The van der Waals surface area contributed by atoms with E-state index in [1.54, 1.807) is 13.2 Å². The molecule has 0 aliphatic heterocycles. The van der Waals surface area contributed by atoms with Gasteiger partial charge in [-0.05, 0) is 30.9 Å². The number of ether oxygens (including phenoxy) is 2. The van der Waals surface area contributed by atoms with Gasteiger partial charge < -0.3 is 25.2 Å². The van der Waals surface area contributed by atoms with Crippen LogP contribution in [0.1, 0.15) is 12.8 Å². The summed E-state index contributed by atoms with van der Waals surface area (Å²) in [5.41, 5.74) is 6.41. The van der Waals surface area contributed by atoms with Gasteiger partial charge in [0.05, 0.1) is 25.0 Å². The fourth-order valence-electron chi connectivity index (χ4n) is 1.91. The lowest BCUT2D eigenvalue weighted by molar-refractivity contribution is 0.0694. The number of hydrogen-bond acceptors (Lipinski definition) is 6. The van der Waals surface area contributed by atoms with Crippen molar-refractivity contribution in [2.24, 2.45) is 5.92 Å². The van der Waals surface area contributed by atoms with Crippen molar-refractivity contribution in [1.29, 1.82) is 0 Å². The number of nitrogen functional groups attached to an aromatic ring is 1. The first-order valence-electron chi connectivity index (χ1n) is 6.87. The minimum atomic E-state index is -0.555. The molecule has 0 radical (unpaired) electrons. The van der Waals surface area contributed by atoms with Crippen LogP contribution in [-0.4, -0.2) is 50.1 Å². The van der Waals surface area contributed by atoms with Crippen LogP contribution < -0.4 is 15.4 Å². The fraction of sp³-hybridized carbons (Fsp3) is 0.643. The Hall–Kier alpha value is -1.53. The molecule has 20 heavy (non-hydrogen) atoms. The van der Waals surface area contributed by atoms with Crippen LogP contribution in [0.3, 0.4) is 0 Å². The molecule has 6 nitrogen and oxygen atoms in total. The van der Waals surface area contributed by atoms with Crippen molar-refractivity contribution in [3.05, 3.63) is 12.1 Å². The second-order valence-corrected chi connectivity index (χ2v) is 5.31. The lowest BCUT2D eigenvalue weighted by atomic mass is 10.3. The predicted molar refractivity (Wildman–Crippen MR) is 78.0 cm³/mol. The van der Waals surface area contributed by atoms with Gasteiger partial charge in [0, 0.05) is 20.7 Å². The molecule has 1 unspecified atom stereocenters. The smallest absolute Gasteiger partial charge is 0.239 e. The SMILES string of the molecule is COCC(O)CN(C)c1ccc(N)c(OCC2CC2)n1. The minimum absolute atomic E-state index is 0.296. The number of hydrogen-bond donors (Lipinski definition) is 2. The first-order chi connectivity index (χ1) is 9.60. The van der Waals surface area contributed by atoms with E-state index in [9.17, 15) is 5.11 Å². The van der Waals surface area contributed by atoms with Crippen molar-refractivity contribution in [3.8, 4) is 5.88 Å². The van der Waals surface area contributed by atoms with Crippen molar-refractivity contribution in [1.82, 2.24) is 4.98 Å². The normalized spacial score (nSPS) is 15.9. The first kappa shape index (κ1) is 14.9. The molecule has 1 aromatic heterocycles. The van der Waals surface area contributed by atoms with Crippen molar-refractivity contribution < 1.29 is 14.6 Å². The summed E-state index contributed by atoms with van der Waals surface area (Å²) in [4.78, 5) is 6.27. The van der Waals surface area contributed by atoms with E-state index in [0.29, 0.717) is 37.2 Å². The second-order valence-electron chi connectivity index (χ2n) is 5.31. The molecule has 0 amide bonds. The van der Waals surface area contributed by atoms with E-state index in [2.05, 4.69) is 4.98 Å². The van der Waals surface area contributed by atoms with Gasteiger partial charge in [-0.1, -0.05) is 0 Å². The number of rotatable bonds is 8. The Kier molecular flexibility index (Phi) is 5.03. The third kappa shape index (κ3) is 4.25. The van der Waals surface area contributed by atoms with Crippen LogP contribution in [0.15, 0.2) is 12.1 Å². The van der Waals surface area contributed by atoms with E-state index >= 15 is 0 Å². The van der Waals surface area contributed by atoms with Crippen LogP contribution in [0.25, 0.3) is 0 Å². The lowest BCUT2D eigenvalue weighted by Gasteiger charge is -2.22. The molecule has 1 fully saturated rings. The molecule has 1 aromatic rings. The summed E-state index contributed by atoms with van der Waals surface area (Å²) in [5.74, 6) is 1.85. The van der Waals surface area contributed by atoms with E-state index < -0.39 is 6.10 Å². The number of aliphatic hydroxyl groups excluding tert-OH is 1. The maximum absolute atomic E-state index is 9.74. The van der Waals surface area contributed by atoms with Crippen molar-refractivity contribution >= 4 is 11.5 Å². The molecular weight excluding hydrogens is 258 g/mol. The van der Waals surface area contributed by atoms with Crippen molar-refractivity contribution in [2.45, 2.75) is 18.9 Å². The molecular formula is C14H23N3O3. The Morgan fingerprint density at radius 3 is 2.90 bits per heavy atom. The molecule has 6 heteroatoms. The summed E-state index contributed by atoms with van der Waals surface area (Å²) in [6, 6.07) is 3.60. The van der Waals surface area contributed by atoms with Crippen molar-refractivity contribution in [2.75, 3.05) is 44.5 Å². The molecule has 1 saturated carbocycles. The lowest BCUT2D eigenvalue weighted by Crippen LogP contribution is -2.32. The third-order valence-corrected chi connectivity index (χ3v) is 3.26. The van der Waals surface area contributed by atoms with Crippen LogP contribution in [0.4, 0.5) is 11.5 Å². The van der Waals surface area contributed by atoms with Gasteiger partial charge in [0.25, 0.3) is 0 Å². The number of anilines is 2. The first-order valence-corrected chi connectivity index (χ1v) is 6.87. The Morgan fingerprint density at radius 2 is 2.25 bits per heavy atom. The summed E-state index contributed by atoms with van der Waals surface area (Å²) < 4.78 is 10.6. The van der Waals surface area contributed by atoms with Gasteiger partial charge in [-0.15, -0.1) is 0 Å². The van der Waals surface area contributed by atoms with E-state index in [0.717, 1.165) is 5.82 Å². The van der Waals surface area contributed by atoms with Gasteiger partial charge in [-0.25, -0.2) is 0 Å².